The molecular formula is C23H34O5. The number of unbranched alkanes of at least 4 members (excludes halogenated alkanes) is 1. The lowest BCUT2D eigenvalue weighted by molar-refractivity contribution is -0.137. The van der Waals surface area contributed by atoms with Gasteiger partial charge in [-0.25, -0.2) is 0 Å². The average Bonchev–Trinajstić information content (AvgIpc) is 3.30. The van der Waals surface area contributed by atoms with Crippen LogP contribution in [-0.2, 0) is 14.3 Å². The van der Waals surface area contributed by atoms with E-state index in [-0.39, 0.29) is 36.3 Å². The predicted molar refractivity (Wildman–Crippen MR) is 106 cm³/mol. The minimum atomic E-state index is -0.734. The summed E-state index contributed by atoms with van der Waals surface area (Å²) in [4.78, 5) is 10.6. The Hall–Kier alpha value is -1.17. The van der Waals surface area contributed by atoms with Gasteiger partial charge in [0.2, 0.25) is 0 Å². The highest BCUT2D eigenvalue weighted by molar-refractivity contribution is 5.66. The van der Waals surface area contributed by atoms with Crippen LogP contribution in [0.4, 0.5) is 0 Å². The fourth-order valence-corrected chi connectivity index (χ4v) is 5.53. The highest BCUT2D eigenvalue weighted by Crippen LogP contribution is 2.55. The smallest absolute Gasteiger partial charge is 0.303 e. The monoisotopic (exact) mass is 390 g/mol. The van der Waals surface area contributed by atoms with Crippen LogP contribution in [0.3, 0.4) is 0 Å². The van der Waals surface area contributed by atoms with Gasteiger partial charge >= 0.3 is 5.97 Å². The van der Waals surface area contributed by atoms with Crippen LogP contribution in [0.15, 0.2) is 24.3 Å². The van der Waals surface area contributed by atoms with Crippen molar-refractivity contribution in [2.75, 3.05) is 0 Å². The second-order valence-corrected chi connectivity index (χ2v) is 9.41. The van der Waals surface area contributed by atoms with Crippen molar-refractivity contribution in [2.45, 2.75) is 95.2 Å². The summed E-state index contributed by atoms with van der Waals surface area (Å²) < 4.78 is 12.0. The molecule has 3 saturated heterocycles. The highest BCUT2D eigenvalue weighted by Gasteiger charge is 2.68. The topological polar surface area (TPSA) is 79.3 Å². The molecule has 0 radical (unpaired) electrons. The van der Waals surface area contributed by atoms with E-state index in [2.05, 4.69) is 25.2 Å². The number of rotatable bonds is 9. The number of fused-ring (bicyclic) bond motifs is 5. The predicted octanol–water partition coefficient (Wildman–Crippen LogP) is 3.86. The van der Waals surface area contributed by atoms with Gasteiger partial charge in [0.1, 0.15) is 12.2 Å². The maximum atomic E-state index is 10.8. The molecule has 2 N–H and O–H groups in total. The Kier molecular flexibility index (Phi) is 5.96. The van der Waals surface area contributed by atoms with Gasteiger partial charge in [0.05, 0.1) is 18.3 Å². The molecule has 1 saturated carbocycles. The van der Waals surface area contributed by atoms with Crippen molar-refractivity contribution in [1.29, 1.82) is 0 Å². The molecule has 0 amide bonds. The number of aliphatic hydroxyl groups excluding tert-OH is 1. The van der Waals surface area contributed by atoms with Crippen molar-refractivity contribution < 1.29 is 24.5 Å². The Labute approximate surface area is 167 Å². The normalized spacial score (nSPS) is 39.5. The summed E-state index contributed by atoms with van der Waals surface area (Å²) in [6.07, 6.45) is 17.4. The molecule has 5 heteroatoms. The van der Waals surface area contributed by atoms with Crippen LogP contribution >= 0.6 is 0 Å². The molecule has 0 aromatic carbocycles. The molecular weight excluding hydrogens is 356 g/mol. The number of hydrogen-bond donors (Lipinski definition) is 2. The summed E-state index contributed by atoms with van der Waals surface area (Å²) in [6, 6.07) is 0. The second kappa shape index (κ2) is 8.29. The summed E-state index contributed by atoms with van der Waals surface area (Å²) in [5, 5.41) is 19.5. The summed E-state index contributed by atoms with van der Waals surface area (Å²) in [5.41, 5.74) is 0.00534. The maximum Gasteiger partial charge on any atom is 0.303 e. The van der Waals surface area contributed by atoms with Crippen LogP contribution in [-0.4, -0.2) is 46.7 Å². The lowest BCUT2D eigenvalue weighted by atomic mass is 9.71. The van der Waals surface area contributed by atoms with E-state index in [4.69, 9.17) is 14.6 Å². The number of aliphatic hydroxyl groups is 1. The lowest BCUT2D eigenvalue weighted by Gasteiger charge is -2.37. The molecule has 28 heavy (non-hydrogen) atoms. The average molecular weight is 391 g/mol. The van der Waals surface area contributed by atoms with Gasteiger partial charge < -0.3 is 19.7 Å². The quantitative estimate of drug-likeness (QED) is 0.355. The molecule has 3 heterocycles. The zero-order valence-corrected chi connectivity index (χ0v) is 16.8. The Bertz CT molecular complexity index is 620. The van der Waals surface area contributed by atoms with Crippen molar-refractivity contribution in [2.24, 2.45) is 17.3 Å². The Morgan fingerprint density at radius 2 is 1.82 bits per heavy atom. The molecule has 2 bridgehead atoms. The molecule has 1 unspecified atom stereocenters. The SMILES string of the molecule is CC1(C(O)/C=C/[C@@H]2[C@H](C/C=C\CCCC(=O)O)[C@H]3O[C@@H]2[C@H]2O[C@H]23)CCCCC1. The number of carbonyl (C=O) groups is 1. The third-order valence-corrected chi connectivity index (χ3v) is 7.38. The maximum absolute atomic E-state index is 10.8. The Balaban J connectivity index is 1.34. The van der Waals surface area contributed by atoms with Crippen molar-refractivity contribution >= 4 is 5.97 Å². The lowest BCUT2D eigenvalue weighted by Crippen LogP contribution is -2.34. The van der Waals surface area contributed by atoms with Crippen LogP contribution in [0.5, 0.6) is 0 Å². The molecule has 0 spiro atoms. The molecule has 156 valence electrons. The zero-order chi connectivity index (χ0) is 19.7. The molecule has 5 nitrogen and oxygen atoms in total. The van der Waals surface area contributed by atoms with Crippen LogP contribution in [0.1, 0.15) is 64.7 Å². The first-order valence-electron chi connectivity index (χ1n) is 11.0. The summed E-state index contributed by atoms with van der Waals surface area (Å²) >= 11 is 0. The van der Waals surface area contributed by atoms with Crippen LogP contribution in [0.25, 0.3) is 0 Å². The van der Waals surface area contributed by atoms with Gasteiger partial charge in [-0.3, -0.25) is 4.79 Å². The molecule has 7 atom stereocenters. The number of allylic oxidation sites excluding steroid dienone is 2. The second-order valence-electron chi connectivity index (χ2n) is 9.41. The molecule has 4 fully saturated rings. The summed E-state index contributed by atoms with van der Waals surface area (Å²) in [6.45, 7) is 2.22. The summed E-state index contributed by atoms with van der Waals surface area (Å²) in [5.74, 6) is -0.0615. The minimum Gasteiger partial charge on any atom is -0.481 e. The molecule has 4 rings (SSSR count). The first-order valence-corrected chi connectivity index (χ1v) is 11.0. The standard InChI is InChI=1S/C23H34O5/c1-23(13-7-4-8-14-23)17(24)12-11-16-15(9-5-2-3-6-10-18(25)26)19-21-22(28-21)20(16)27-19/h2,5,11-12,15-17,19-22,24H,3-4,6-10,13-14H2,1H3,(H,25,26)/b5-2-,12-11+/t15-,16+,17?,19+,20-,21-,22+/m0/s1. The number of carboxylic acid groups (broad SMARTS) is 1. The first kappa shape index (κ1) is 20.1. The number of aliphatic carboxylic acids is 1. The van der Waals surface area contributed by atoms with Gasteiger partial charge in [-0.1, -0.05) is 50.5 Å². The van der Waals surface area contributed by atoms with Crippen molar-refractivity contribution in [3.63, 3.8) is 0 Å². The molecule has 1 aliphatic carbocycles. The van der Waals surface area contributed by atoms with Crippen LogP contribution in [0.2, 0.25) is 0 Å². The third kappa shape index (κ3) is 4.07. The fourth-order valence-electron chi connectivity index (χ4n) is 5.53. The number of epoxide rings is 1. The molecule has 3 aliphatic heterocycles. The van der Waals surface area contributed by atoms with Crippen molar-refractivity contribution in [3.8, 4) is 0 Å². The Morgan fingerprint density at radius 1 is 1.11 bits per heavy atom. The number of carboxylic acids is 1. The van der Waals surface area contributed by atoms with E-state index < -0.39 is 12.1 Å². The fraction of sp³-hybridized carbons (Fsp3) is 0.783. The Morgan fingerprint density at radius 3 is 2.57 bits per heavy atom. The van der Waals surface area contributed by atoms with Crippen molar-refractivity contribution in [3.05, 3.63) is 24.3 Å². The van der Waals surface area contributed by atoms with E-state index >= 15 is 0 Å². The van der Waals surface area contributed by atoms with Crippen molar-refractivity contribution in [1.82, 2.24) is 0 Å². The van der Waals surface area contributed by atoms with E-state index in [9.17, 15) is 9.90 Å². The minimum absolute atomic E-state index is 0.00534. The van der Waals surface area contributed by atoms with Gasteiger partial charge in [-0.15, -0.1) is 0 Å². The van der Waals surface area contributed by atoms with E-state index in [1.54, 1.807) is 0 Å². The summed E-state index contributed by atoms with van der Waals surface area (Å²) in [7, 11) is 0. The van der Waals surface area contributed by atoms with E-state index in [0.29, 0.717) is 18.3 Å². The van der Waals surface area contributed by atoms with Crippen LogP contribution in [0, 0.1) is 17.3 Å². The first-order chi connectivity index (χ1) is 13.5. The van der Waals surface area contributed by atoms with Crippen LogP contribution < -0.4 is 0 Å². The zero-order valence-electron chi connectivity index (χ0n) is 16.8. The number of ether oxygens (including phenoxy) is 2. The molecule has 4 aliphatic rings. The largest absolute Gasteiger partial charge is 0.481 e. The van der Waals surface area contributed by atoms with Gasteiger partial charge in [0.15, 0.2) is 0 Å². The van der Waals surface area contributed by atoms with E-state index in [1.807, 2.05) is 6.08 Å². The molecule has 0 aromatic heterocycles. The highest BCUT2D eigenvalue weighted by atomic mass is 16.7. The van der Waals surface area contributed by atoms with Gasteiger partial charge in [0, 0.05) is 18.3 Å². The van der Waals surface area contributed by atoms with Gasteiger partial charge in [0.25, 0.3) is 0 Å². The van der Waals surface area contributed by atoms with E-state index in [0.717, 1.165) is 25.7 Å². The van der Waals surface area contributed by atoms with Gasteiger partial charge in [-0.05, 0) is 37.5 Å². The molecule has 0 aromatic rings. The number of hydrogen-bond acceptors (Lipinski definition) is 4. The van der Waals surface area contributed by atoms with E-state index in [1.165, 1.54) is 19.3 Å². The van der Waals surface area contributed by atoms with Gasteiger partial charge in [-0.2, -0.15) is 0 Å². The third-order valence-electron chi connectivity index (χ3n) is 7.38.